The van der Waals surface area contributed by atoms with Gasteiger partial charge in [0.1, 0.15) is 5.82 Å². The summed E-state index contributed by atoms with van der Waals surface area (Å²) in [5, 5.41) is 13.0. The van der Waals surface area contributed by atoms with Crippen LogP contribution in [0.5, 0.6) is 0 Å². The molecule has 0 radical (unpaired) electrons. The zero-order valence-electron chi connectivity index (χ0n) is 19.1. The summed E-state index contributed by atoms with van der Waals surface area (Å²) in [5.41, 5.74) is 4.13. The van der Waals surface area contributed by atoms with E-state index in [9.17, 15) is 9.90 Å². The van der Waals surface area contributed by atoms with Crippen LogP contribution < -0.4 is 15.1 Å². The molecule has 0 saturated carbocycles. The van der Waals surface area contributed by atoms with E-state index in [0.29, 0.717) is 32.0 Å². The molecule has 1 aromatic carbocycles. The summed E-state index contributed by atoms with van der Waals surface area (Å²) in [6, 6.07) is 11.7. The number of pyridine rings is 1. The maximum atomic E-state index is 12.0. The number of amides is 1. The third-order valence-electron chi connectivity index (χ3n) is 6.07. The van der Waals surface area contributed by atoms with Crippen LogP contribution in [0.4, 0.5) is 17.2 Å². The van der Waals surface area contributed by atoms with Gasteiger partial charge in [-0.05, 0) is 30.7 Å². The second kappa shape index (κ2) is 9.74. The Morgan fingerprint density at radius 2 is 1.94 bits per heavy atom. The van der Waals surface area contributed by atoms with Crippen molar-refractivity contribution in [2.45, 2.75) is 19.4 Å². The van der Waals surface area contributed by atoms with Crippen molar-refractivity contribution >= 4 is 23.1 Å². The van der Waals surface area contributed by atoms with E-state index in [4.69, 9.17) is 14.7 Å². The van der Waals surface area contributed by atoms with Crippen LogP contribution in [0.3, 0.4) is 0 Å². The molecule has 34 heavy (non-hydrogen) atoms. The highest BCUT2D eigenvalue weighted by Gasteiger charge is 2.23. The van der Waals surface area contributed by atoms with Gasteiger partial charge in [-0.15, -0.1) is 0 Å². The quantitative estimate of drug-likeness (QED) is 0.599. The number of benzene rings is 1. The van der Waals surface area contributed by atoms with Crippen molar-refractivity contribution in [3.8, 4) is 22.6 Å². The largest absolute Gasteiger partial charge is 0.391 e. The van der Waals surface area contributed by atoms with Gasteiger partial charge < -0.3 is 25.0 Å². The molecule has 2 aliphatic heterocycles. The molecule has 2 aromatic heterocycles. The molecule has 0 aliphatic carbocycles. The Labute approximate surface area is 198 Å². The number of nitrogens with zero attached hydrogens (tertiary/aromatic N) is 5. The molecule has 0 bridgehead atoms. The monoisotopic (exact) mass is 460 g/mol. The lowest BCUT2D eigenvalue weighted by atomic mass is 10.1. The number of carbonyl (C=O) groups is 1. The summed E-state index contributed by atoms with van der Waals surface area (Å²) in [6.45, 7) is 5.64. The predicted octanol–water partition coefficient (Wildman–Crippen LogP) is 2.57. The molecule has 1 unspecified atom stereocenters. The topological polar surface area (TPSA) is 104 Å². The SMILES string of the molecule is CC(=O)Nc1cc(-c2cc(N3CCC(O)C3)nc(-c3cccnc3)n2)ccc1N1CCOCC1. The minimum Gasteiger partial charge on any atom is -0.391 e. The molecule has 2 N–H and O–H groups in total. The number of carbonyl (C=O) groups excluding carboxylic acids is 1. The zero-order valence-corrected chi connectivity index (χ0v) is 19.1. The maximum Gasteiger partial charge on any atom is 0.221 e. The third kappa shape index (κ3) is 4.85. The van der Waals surface area contributed by atoms with Crippen molar-refractivity contribution in [1.82, 2.24) is 15.0 Å². The van der Waals surface area contributed by atoms with Gasteiger partial charge in [0.05, 0.1) is 36.4 Å². The average molecular weight is 461 g/mol. The second-order valence-electron chi connectivity index (χ2n) is 8.58. The molecular weight excluding hydrogens is 432 g/mol. The first-order chi connectivity index (χ1) is 16.6. The molecular formula is C25H28N6O3. The van der Waals surface area contributed by atoms with Crippen LogP contribution in [0.2, 0.25) is 0 Å². The van der Waals surface area contributed by atoms with Crippen LogP contribution in [0.1, 0.15) is 13.3 Å². The molecule has 2 fully saturated rings. The lowest BCUT2D eigenvalue weighted by Gasteiger charge is -2.30. The Kier molecular flexibility index (Phi) is 6.37. The molecule has 9 heteroatoms. The normalized spacial score (nSPS) is 18.2. The van der Waals surface area contributed by atoms with E-state index >= 15 is 0 Å². The molecule has 4 heterocycles. The number of ether oxygens (including phenoxy) is 1. The molecule has 176 valence electrons. The lowest BCUT2D eigenvalue weighted by Crippen LogP contribution is -2.36. The predicted molar refractivity (Wildman–Crippen MR) is 131 cm³/mol. The van der Waals surface area contributed by atoms with Gasteiger partial charge in [0.25, 0.3) is 0 Å². The van der Waals surface area contributed by atoms with Crippen molar-refractivity contribution in [2.24, 2.45) is 0 Å². The van der Waals surface area contributed by atoms with Crippen molar-refractivity contribution in [2.75, 3.05) is 54.5 Å². The molecule has 5 rings (SSSR count). The van der Waals surface area contributed by atoms with Gasteiger partial charge in [0.15, 0.2) is 5.82 Å². The summed E-state index contributed by atoms with van der Waals surface area (Å²) in [6.07, 6.45) is 3.81. The molecule has 9 nitrogen and oxygen atoms in total. The van der Waals surface area contributed by atoms with Crippen molar-refractivity contribution in [3.05, 3.63) is 48.8 Å². The average Bonchev–Trinajstić information content (AvgIpc) is 3.31. The van der Waals surface area contributed by atoms with Crippen molar-refractivity contribution in [3.63, 3.8) is 0 Å². The number of aromatic nitrogens is 3. The van der Waals surface area contributed by atoms with Crippen molar-refractivity contribution < 1.29 is 14.6 Å². The number of hydrogen-bond donors (Lipinski definition) is 2. The zero-order chi connectivity index (χ0) is 23.5. The van der Waals surface area contributed by atoms with E-state index in [1.165, 1.54) is 6.92 Å². The first kappa shape index (κ1) is 22.2. The van der Waals surface area contributed by atoms with Crippen LogP contribution in [0, 0.1) is 0 Å². The van der Waals surface area contributed by atoms with Gasteiger partial charge in [-0.25, -0.2) is 9.97 Å². The number of β-amino-alcohol motifs (C(OH)–C–C–N with tert-alkyl or cyclic N) is 1. The standard InChI is InChI=1S/C25H28N6O3/c1-17(32)27-22-13-18(4-5-23(22)30-9-11-34-12-10-30)21-14-24(31-8-6-20(33)16-31)29-25(28-21)19-3-2-7-26-15-19/h2-5,7,13-15,20,33H,6,8-12,16H2,1H3,(H,27,32). The summed E-state index contributed by atoms with van der Waals surface area (Å²) in [4.78, 5) is 30.1. The Balaban J connectivity index is 1.58. The van der Waals surface area contributed by atoms with Crippen LogP contribution in [-0.2, 0) is 9.53 Å². The highest BCUT2D eigenvalue weighted by molar-refractivity contribution is 5.94. The number of anilines is 3. The highest BCUT2D eigenvalue weighted by atomic mass is 16.5. The van der Waals surface area contributed by atoms with Crippen LogP contribution in [0.15, 0.2) is 48.8 Å². The van der Waals surface area contributed by atoms with E-state index in [2.05, 4.69) is 20.1 Å². The Morgan fingerprint density at radius 1 is 1.09 bits per heavy atom. The number of nitrogens with one attached hydrogen (secondary N) is 1. The van der Waals surface area contributed by atoms with Gasteiger partial charge in [-0.2, -0.15) is 0 Å². The minimum absolute atomic E-state index is 0.128. The molecule has 2 saturated heterocycles. The Hall–Kier alpha value is -3.56. The molecule has 1 atom stereocenters. The van der Waals surface area contributed by atoms with Crippen LogP contribution in [-0.4, -0.2) is 71.5 Å². The Morgan fingerprint density at radius 3 is 2.65 bits per heavy atom. The smallest absolute Gasteiger partial charge is 0.221 e. The first-order valence-electron chi connectivity index (χ1n) is 11.5. The number of aliphatic hydroxyl groups excluding tert-OH is 1. The molecule has 0 spiro atoms. The second-order valence-corrected chi connectivity index (χ2v) is 8.58. The summed E-state index contributed by atoms with van der Waals surface area (Å²) in [7, 11) is 0. The van der Waals surface area contributed by atoms with Gasteiger partial charge in [-0.3, -0.25) is 9.78 Å². The number of hydrogen-bond acceptors (Lipinski definition) is 8. The van der Waals surface area contributed by atoms with E-state index < -0.39 is 0 Å². The Bertz CT molecular complexity index is 1170. The van der Waals surface area contributed by atoms with E-state index in [1.54, 1.807) is 12.4 Å². The van der Waals surface area contributed by atoms with E-state index in [1.807, 2.05) is 36.4 Å². The fourth-order valence-corrected chi connectivity index (χ4v) is 4.38. The first-order valence-corrected chi connectivity index (χ1v) is 11.5. The fraction of sp³-hybridized carbons (Fsp3) is 0.360. The van der Waals surface area contributed by atoms with Gasteiger partial charge in [0.2, 0.25) is 5.91 Å². The highest BCUT2D eigenvalue weighted by Crippen LogP contribution is 2.34. The molecule has 1 amide bonds. The van der Waals surface area contributed by atoms with Crippen LogP contribution >= 0.6 is 0 Å². The maximum absolute atomic E-state index is 12.0. The number of rotatable bonds is 5. The van der Waals surface area contributed by atoms with E-state index in [0.717, 1.165) is 53.6 Å². The molecule has 2 aliphatic rings. The van der Waals surface area contributed by atoms with Gasteiger partial charge >= 0.3 is 0 Å². The van der Waals surface area contributed by atoms with Gasteiger partial charge in [-0.1, -0.05) is 6.07 Å². The van der Waals surface area contributed by atoms with Crippen LogP contribution in [0.25, 0.3) is 22.6 Å². The summed E-state index contributed by atoms with van der Waals surface area (Å²) < 4.78 is 5.49. The minimum atomic E-state index is -0.362. The fourth-order valence-electron chi connectivity index (χ4n) is 4.38. The number of morpholine rings is 1. The van der Waals surface area contributed by atoms with Gasteiger partial charge in [0, 0.05) is 62.7 Å². The summed E-state index contributed by atoms with van der Waals surface area (Å²) >= 11 is 0. The lowest BCUT2D eigenvalue weighted by molar-refractivity contribution is -0.114. The van der Waals surface area contributed by atoms with E-state index in [-0.39, 0.29) is 12.0 Å². The molecule has 3 aromatic rings. The third-order valence-corrected chi connectivity index (χ3v) is 6.07. The number of aliphatic hydroxyl groups is 1. The van der Waals surface area contributed by atoms with Crippen molar-refractivity contribution in [1.29, 1.82) is 0 Å². The summed E-state index contributed by atoms with van der Waals surface area (Å²) in [5.74, 6) is 1.20.